The van der Waals surface area contributed by atoms with Gasteiger partial charge in [-0.15, -0.1) is 0 Å². The maximum atomic E-state index is 13.1. The fraction of sp³-hybridized carbons (Fsp3) is 0.435. The lowest BCUT2D eigenvalue weighted by molar-refractivity contribution is 0.102. The monoisotopic (exact) mass is 522 g/mol. The van der Waals surface area contributed by atoms with E-state index in [0.29, 0.717) is 45.0 Å². The maximum absolute atomic E-state index is 13.1. The minimum absolute atomic E-state index is 0.0526. The lowest BCUT2D eigenvalue weighted by Crippen LogP contribution is -2.46. The fourth-order valence-corrected chi connectivity index (χ4v) is 7.30. The zero-order valence-corrected chi connectivity index (χ0v) is 21.4. The Labute approximate surface area is 206 Å². The first-order valence-corrected chi connectivity index (χ1v) is 14.3. The van der Waals surface area contributed by atoms with Crippen LogP contribution in [0, 0.1) is 0 Å². The Morgan fingerprint density at radius 1 is 0.829 bits per heavy atom. The van der Waals surface area contributed by atoms with Crippen molar-refractivity contribution < 1.29 is 26.4 Å². The number of carbonyl (C=O) groups is 1. The number of hydrogen-bond acceptors (Lipinski definition) is 7. The standard InChI is InChI=1S/C23H30N4O6S2/c1-25-13-15-27(16-14-25)34(29,30)20-8-6-19(7-9-20)24-23(28)18-5-10-21(33-2)22(17-18)35(31,32)26-11-3-4-12-26/h5-10,17H,3-4,11-16H2,1-2H3,(H,24,28). The Bertz CT molecular complexity index is 1280. The van der Waals surface area contributed by atoms with Gasteiger partial charge >= 0.3 is 0 Å². The number of hydrogen-bond donors (Lipinski definition) is 1. The molecule has 1 N–H and O–H groups in total. The van der Waals surface area contributed by atoms with E-state index in [-0.39, 0.29) is 21.1 Å². The van der Waals surface area contributed by atoms with Crippen molar-refractivity contribution in [1.82, 2.24) is 13.5 Å². The number of amides is 1. The molecule has 0 unspecified atom stereocenters. The predicted octanol–water partition coefficient (Wildman–Crippen LogP) is 1.67. The van der Waals surface area contributed by atoms with E-state index in [1.165, 1.54) is 58.2 Å². The van der Waals surface area contributed by atoms with Gasteiger partial charge in [-0.25, -0.2) is 16.8 Å². The summed E-state index contributed by atoms with van der Waals surface area (Å²) in [6.45, 7) is 3.07. The number of likely N-dealkylation sites (N-methyl/N-ethyl adjacent to an activating group) is 1. The smallest absolute Gasteiger partial charge is 0.255 e. The molecule has 12 heteroatoms. The van der Waals surface area contributed by atoms with Crippen LogP contribution in [0.4, 0.5) is 5.69 Å². The summed E-state index contributed by atoms with van der Waals surface area (Å²) >= 11 is 0. The second-order valence-electron chi connectivity index (χ2n) is 8.66. The van der Waals surface area contributed by atoms with Crippen molar-refractivity contribution in [3.63, 3.8) is 0 Å². The second-order valence-corrected chi connectivity index (χ2v) is 12.5. The number of sulfonamides is 2. The molecule has 2 aliphatic rings. The van der Waals surface area contributed by atoms with Crippen LogP contribution in [0.2, 0.25) is 0 Å². The molecule has 2 saturated heterocycles. The zero-order valence-electron chi connectivity index (χ0n) is 19.8. The molecule has 35 heavy (non-hydrogen) atoms. The Balaban J connectivity index is 1.51. The van der Waals surface area contributed by atoms with Gasteiger partial charge in [-0.05, 0) is 62.4 Å². The minimum Gasteiger partial charge on any atom is -0.495 e. The molecule has 2 aromatic rings. The molecule has 0 radical (unpaired) electrons. The second kappa shape index (κ2) is 10.2. The van der Waals surface area contributed by atoms with Crippen molar-refractivity contribution in [2.75, 3.05) is 58.7 Å². The number of methoxy groups -OCH3 is 1. The Kier molecular flexibility index (Phi) is 7.48. The molecule has 0 atom stereocenters. The van der Waals surface area contributed by atoms with E-state index >= 15 is 0 Å². The quantitative estimate of drug-likeness (QED) is 0.588. The Morgan fingerprint density at radius 3 is 2.03 bits per heavy atom. The van der Waals surface area contributed by atoms with E-state index < -0.39 is 26.0 Å². The number of ether oxygens (including phenoxy) is 1. The van der Waals surface area contributed by atoms with Gasteiger partial charge in [0.1, 0.15) is 10.6 Å². The highest BCUT2D eigenvalue weighted by Gasteiger charge is 2.31. The molecule has 2 aliphatic heterocycles. The highest BCUT2D eigenvalue weighted by atomic mass is 32.2. The molecule has 2 heterocycles. The van der Waals surface area contributed by atoms with E-state index in [1.54, 1.807) is 0 Å². The van der Waals surface area contributed by atoms with E-state index in [2.05, 4.69) is 10.2 Å². The molecule has 0 spiro atoms. The lowest BCUT2D eigenvalue weighted by Gasteiger charge is -2.31. The number of nitrogens with one attached hydrogen (secondary N) is 1. The van der Waals surface area contributed by atoms with Gasteiger partial charge in [0.25, 0.3) is 5.91 Å². The Hall–Kier alpha value is -2.51. The van der Waals surface area contributed by atoms with Gasteiger partial charge in [0.15, 0.2) is 0 Å². The molecule has 2 fully saturated rings. The van der Waals surface area contributed by atoms with Gasteiger partial charge < -0.3 is 15.0 Å². The number of nitrogens with zero attached hydrogens (tertiary/aromatic N) is 3. The largest absolute Gasteiger partial charge is 0.495 e. The number of carbonyl (C=O) groups excluding carboxylic acids is 1. The molecule has 190 valence electrons. The average Bonchev–Trinajstić information content (AvgIpc) is 3.40. The first-order chi connectivity index (χ1) is 16.6. The van der Waals surface area contributed by atoms with Crippen LogP contribution in [0.3, 0.4) is 0 Å². The lowest BCUT2D eigenvalue weighted by atomic mass is 10.2. The third-order valence-corrected chi connectivity index (χ3v) is 10.2. The summed E-state index contributed by atoms with van der Waals surface area (Å²) in [5, 5.41) is 2.70. The van der Waals surface area contributed by atoms with E-state index in [9.17, 15) is 21.6 Å². The number of rotatable bonds is 7. The van der Waals surface area contributed by atoms with E-state index in [0.717, 1.165) is 12.8 Å². The molecule has 10 nitrogen and oxygen atoms in total. The third-order valence-electron chi connectivity index (χ3n) is 6.32. The van der Waals surface area contributed by atoms with Crippen molar-refractivity contribution in [3.05, 3.63) is 48.0 Å². The van der Waals surface area contributed by atoms with Crippen LogP contribution < -0.4 is 10.1 Å². The van der Waals surface area contributed by atoms with Gasteiger partial charge in [0.2, 0.25) is 20.0 Å². The van der Waals surface area contributed by atoms with Crippen LogP contribution in [0.5, 0.6) is 5.75 Å². The summed E-state index contributed by atoms with van der Waals surface area (Å²) in [5.41, 5.74) is 0.546. The van der Waals surface area contributed by atoms with E-state index in [4.69, 9.17) is 4.74 Å². The van der Waals surface area contributed by atoms with Gasteiger partial charge in [-0.3, -0.25) is 4.79 Å². The molecule has 1 amide bonds. The molecule has 0 saturated carbocycles. The van der Waals surface area contributed by atoms with Gasteiger partial charge in [0.05, 0.1) is 12.0 Å². The van der Waals surface area contributed by atoms with Crippen LogP contribution in [0.15, 0.2) is 52.3 Å². The summed E-state index contributed by atoms with van der Waals surface area (Å²) in [5.74, 6) is -0.341. The normalized spacial score (nSPS) is 18.5. The summed E-state index contributed by atoms with van der Waals surface area (Å²) in [6.07, 6.45) is 1.59. The summed E-state index contributed by atoms with van der Waals surface area (Å²) in [7, 11) is -4.07. The van der Waals surface area contributed by atoms with Crippen molar-refractivity contribution >= 4 is 31.6 Å². The topological polar surface area (TPSA) is 116 Å². The van der Waals surface area contributed by atoms with Crippen molar-refractivity contribution in [2.24, 2.45) is 0 Å². The Morgan fingerprint density at radius 2 is 1.43 bits per heavy atom. The SMILES string of the molecule is COc1ccc(C(=O)Nc2ccc(S(=O)(=O)N3CCN(C)CC3)cc2)cc1S(=O)(=O)N1CCCC1. The highest BCUT2D eigenvalue weighted by molar-refractivity contribution is 7.89. The molecule has 0 aliphatic carbocycles. The fourth-order valence-electron chi connectivity index (χ4n) is 4.18. The predicted molar refractivity (Wildman–Crippen MR) is 132 cm³/mol. The van der Waals surface area contributed by atoms with Crippen LogP contribution in [-0.4, -0.2) is 89.7 Å². The van der Waals surface area contributed by atoms with Crippen LogP contribution in [-0.2, 0) is 20.0 Å². The molecule has 0 bridgehead atoms. The van der Waals surface area contributed by atoms with Gasteiger partial charge in [0, 0.05) is 50.5 Å². The first-order valence-electron chi connectivity index (χ1n) is 11.4. The summed E-state index contributed by atoms with van der Waals surface area (Å²) in [4.78, 5) is 15.1. The molecular formula is C23H30N4O6S2. The minimum atomic E-state index is -3.79. The van der Waals surface area contributed by atoms with Crippen molar-refractivity contribution in [2.45, 2.75) is 22.6 Å². The average molecular weight is 523 g/mol. The first kappa shape index (κ1) is 25.6. The summed E-state index contributed by atoms with van der Waals surface area (Å²) in [6, 6.07) is 10.2. The van der Waals surface area contributed by atoms with Crippen molar-refractivity contribution in [3.8, 4) is 5.75 Å². The van der Waals surface area contributed by atoms with Gasteiger partial charge in [-0.2, -0.15) is 8.61 Å². The van der Waals surface area contributed by atoms with Crippen molar-refractivity contribution in [1.29, 1.82) is 0 Å². The zero-order chi connectivity index (χ0) is 25.2. The van der Waals surface area contributed by atoms with E-state index in [1.807, 2.05) is 7.05 Å². The molecule has 2 aromatic carbocycles. The number of benzene rings is 2. The highest BCUT2D eigenvalue weighted by Crippen LogP contribution is 2.30. The summed E-state index contributed by atoms with van der Waals surface area (Å²) < 4.78 is 60.0. The molecule has 4 rings (SSSR count). The van der Waals surface area contributed by atoms with Gasteiger partial charge in [-0.1, -0.05) is 0 Å². The van der Waals surface area contributed by atoms with Crippen LogP contribution >= 0.6 is 0 Å². The van der Waals surface area contributed by atoms with Crippen LogP contribution in [0.25, 0.3) is 0 Å². The number of piperazine rings is 1. The number of anilines is 1. The van der Waals surface area contributed by atoms with Crippen LogP contribution in [0.1, 0.15) is 23.2 Å². The molecule has 0 aromatic heterocycles. The third kappa shape index (κ3) is 5.36. The molecular weight excluding hydrogens is 492 g/mol. The maximum Gasteiger partial charge on any atom is 0.255 e.